The number of hydrogen-bond acceptors (Lipinski definition) is 3. The number of nitrogens with one attached hydrogen (secondary N) is 3. The smallest absolute Gasteiger partial charge is 0.00482 e. The molecule has 0 spiro atoms. The van der Waals surface area contributed by atoms with Gasteiger partial charge in [0.2, 0.25) is 0 Å². The number of rotatable bonds is 0. The summed E-state index contributed by atoms with van der Waals surface area (Å²) in [5, 5.41) is 14.4. The minimum absolute atomic E-state index is 0. The molecular formula is C10H21N4Y15-3. The van der Waals surface area contributed by atoms with E-state index in [9.17, 15) is 0 Å². The van der Waals surface area contributed by atoms with Crippen LogP contribution in [0, 0.1) is 12.8 Å². The van der Waals surface area contributed by atoms with Crippen LogP contribution in [0.25, 0.3) is 5.32 Å². The maximum Gasteiger partial charge on any atom is 0.00482 e. The molecule has 0 bridgehead atoms. The predicted molar refractivity (Wildman–Crippen MR) is 60.3 cm³/mol. The SMILES string of the molecule is [CH-]1C[N-]CCNC[CH-]CNCCNC1.[Y].[Y].[Y].[Y].[Y].[Y].[Y].[Y].[Y].[Y].[Y].[Y].[Y].[Y].[Y]. The van der Waals surface area contributed by atoms with Crippen molar-refractivity contribution in [3.8, 4) is 0 Å². The fourth-order valence-electron chi connectivity index (χ4n) is 1.27. The zero-order chi connectivity index (χ0) is 9.90. The average Bonchev–Trinajstić information content (AvgIpc) is 2.22. The van der Waals surface area contributed by atoms with Crippen molar-refractivity contribution in [2.45, 2.75) is 0 Å². The van der Waals surface area contributed by atoms with Gasteiger partial charge in [-0.1, -0.05) is 0 Å². The summed E-state index contributed by atoms with van der Waals surface area (Å²) < 4.78 is 0. The molecule has 1 heterocycles. The Morgan fingerprint density at radius 3 is 1.10 bits per heavy atom. The first-order valence-electron chi connectivity index (χ1n) is 5.39. The molecule has 129 valence electrons. The predicted octanol–water partition coefficient (Wildman–Crippen LogP) is -0.486. The molecule has 0 aromatic rings. The van der Waals surface area contributed by atoms with Gasteiger partial charge in [-0.25, -0.2) is 0 Å². The van der Waals surface area contributed by atoms with Crippen LogP contribution in [0.15, 0.2) is 0 Å². The summed E-state index contributed by atoms with van der Waals surface area (Å²) in [5.74, 6) is 0. The Labute approximate surface area is 558 Å². The molecule has 1 fully saturated rings. The van der Waals surface area contributed by atoms with Gasteiger partial charge in [-0.2, -0.15) is 0 Å². The molecule has 0 aromatic carbocycles. The molecule has 3 N–H and O–H groups in total. The number of nitrogens with zero attached hydrogens (tertiary/aromatic N) is 1. The Balaban J connectivity index is -0.0000000101. The topological polar surface area (TPSA) is 50.2 Å². The molecule has 1 aliphatic rings. The van der Waals surface area contributed by atoms with Gasteiger partial charge in [0, 0.05) is 504 Å². The van der Waals surface area contributed by atoms with Crippen molar-refractivity contribution in [3.05, 3.63) is 18.2 Å². The van der Waals surface area contributed by atoms with E-state index in [1.165, 1.54) is 0 Å². The Kier molecular flexibility index (Phi) is 302. The quantitative estimate of drug-likeness (QED) is 0.288. The second-order valence-electron chi connectivity index (χ2n) is 3.32. The van der Waals surface area contributed by atoms with E-state index >= 15 is 0 Å². The summed E-state index contributed by atoms with van der Waals surface area (Å²) in [6, 6.07) is 0. The molecule has 0 amide bonds. The number of hydrogen-bond donors (Lipinski definition) is 3. The van der Waals surface area contributed by atoms with Crippen LogP contribution in [0.4, 0.5) is 0 Å². The van der Waals surface area contributed by atoms with Gasteiger partial charge in [0.05, 0.1) is 0 Å². The molecule has 19 heteroatoms. The maximum atomic E-state index is 4.37. The van der Waals surface area contributed by atoms with E-state index < -0.39 is 0 Å². The summed E-state index contributed by atoms with van der Waals surface area (Å²) in [6.45, 7) is 7.73. The maximum absolute atomic E-state index is 4.37. The van der Waals surface area contributed by atoms with Crippen LogP contribution >= 0.6 is 0 Å². The van der Waals surface area contributed by atoms with Gasteiger partial charge in [0.1, 0.15) is 0 Å². The molecule has 29 heavy (non-hydrogen) atoms. The molecule has 1 saturated heterocycles. The molecule has 0 aromatic heterocycles. The molecule has 1 rings (SSSR count). The van der Waals surface area contributed by atoms with Crippen LogP contribution < -0.4 is 16.0 Å². The summed E-state index contributed by atoms with van der Waals surface area (Å²) in [7, 11) is 0. The van der Waals surface area contributed by atoms with Crippen molar-refractivity contribution in [2.24, 2.45) is 0 Å². The Morgan fingerprint density at radius 1 is 0.414 bits per heavy atom. The summed E-state index contributed by atoms with van der Waals surface area (Å²) in [4.78, 5) is 0. The fourth-order valence-corrected chi connectivity index (χ4v) is 1.27. The minimum Gasteiger partial charge on any atom is -0.687 e. The zero-order valence-electron chi connectivity index (χ0n) is 17.4. The van der Waals surface area contributed by atoms with Gasteiger partial charge in [0.15, 0.2) is 0 Å². The van der Waals surface area contributed by atoms with Crippen molar-refractivity contribution in [1.29, 1.82) is 0 Å². The third-order valence-electron chi connectivity index (χ3n) is 2.05. The third kappa shape index (κ3) is 86.4. The van der Waals surface area contributed by atoms with Gasteiger partial charge in [-0.05, 0) is 6.54 Å². The van der Waals surface area contributed by atoms with Gasteiger partial charge < -0.3 is 34.1 Å². The molecular weight excluding hydrogens is 1510 g/mol. The molecule has 0 aliphatic carbocycles. The molecule has 0 atom stereocenters. The first-order valence-corrected chi connectivity index (χ1v) is 5.39. The van der Waals surface area contributed by atoms with Gasteiger partial charge in [-0.3, -0.25) is 6.54 Å². The van der Waals surface area contributed by atoms with Crippen LogP contribution in [0.2, 0.25) is 0 Å². The van der Waals surface area contributed by atoms with Crippen molar-refractivity contribution in [3.63, 3.8) is 0 Å². The second kappa shape index (κ2) is 90.5. The Morgan fingerprint density at radius 2 is 0.724 bits per heavy atom. The molecule has 0 unspecified atom stereocenters. The summed E-state index contributed by atoms with van der Waals surface area (Å²) >= 11 is 0. The Bertz CT molecular complexity index is 94.4. The monoisotopic (exact) mass is 1530 g/mol. The van der Waals surface area contributed by atoms with Crippen LogP contribution in [-0.2, 0) is 491 Å². The van der Waals surface area contributed by atoms with Crippen molar-refractivity contribution in [1.82, 2.24) is 16.0 Å². The summed E-state index contributed by atoms with van der Waals surface area (Å²) in [5.41, 5.74) is 0. The standard InChI is InChI=1S/C10H21N4.15Y/c1-3-11-7-9-13-5-2-6-14-10-8-12-4-1;;;;;;;;;;;;;;;/h1-2,11-13H,3-10H2;;;;;;;;;;;;;;;/q-3;;;;;;;;;;;;;;;. The average molecular weight is 1530 g/mol. The van der Waals surface area contributed by atoms with Crippen molar-refractivity contribution in [2.75, 3.05) is 52.4 Å². The molecule has 4 nitrogen and oxygen atoms in total. The normalized spacial score (nSPS) is 11.6. The van der Waals surface area contributed by atoms with Crippen LogP contribution in [-0.4, -0.2) is 52.4 Å². The van der Waals surface area contributed by atoms with E-state index in [0.717, 1.165) is 52.4 Å². The molecule has 0 saturated carbocycles. The fraction of sp³-hybridized carbons (Fsp3) is 0.800. The minimum atomic E-state index is 0. The first kappa shape index (κ1) is 96.8. The molecule has 1 aliphatic heterocycles. The van der Waals surface area contributed by atoms with Gasteiger partial charge in [0.25, 0.3) is 0 Å². The van der Waals surface area contributed by atoms with E-state index in [1.807, 2.05) is 0 Å². The van der Waals surface area contributed by atoms with Crippen molar-refractivity contribution < 1.29 is 491 Å². The van der Waals surface area contributed by atoms with E-state index in [2.05, 4.69) is 34.1 Å². The largest absolute Gasteiger partial charge is 0.687 e. The van der Waals surface area contributed by atoms with Crippen LogP contribution in [0.1, 0.15) is 0 Å². The Hall–Kier alpha value is 16.4. The first-order chi connectivity index (χ1) is 7.00. The summed E-state index contributed by atoms with van der Waals surface area (Å²) in [6.07, 6.45) is 4.40. The zero-order valence-corrected chi connectivity index (χ0v) is 60.0. The van der Waals surface area contributed by atoms with E-state index in [0.29, 0.717) is 0 Å². The van der Waals surface area contributed by atoms with E-state index in [4.69, 9.17) is 0 Å². The van der Waals surface area contributed by atoms with E-state index in [1.54, 1.807) is 0 Å². The van der Waals surface area contributed by atoms with Crippen LogP contribution in [0.5, 0.6) is 0 Å². The van der Waals surface area contributed by atoms with Gasteiger partial charge >= 0.3 is 0 Å². The second-order valence-corrected chi connectivity index (χ2v) is 3.32. The molecule has 15 radical (unpaired) electrons. The third-order valence-corrected chi connectivity index (χ3v) is 2.05. The van der Waals surface area contributed by atoms with E-state index in [-0.39, 0.29) is 491 Å². The van der Waals surface area contributed by atoms with Crippen LogP contribution in [0.3, 0.4) is 0 Å². The van der Waals surface area contributed by atoms with Crippen molar-refractivity contribution >= 4 is 0 Å². The van der Waals surface area contributed by atoms with Gasteiger partial charge in [-0.15, -0.1) is 26.2 Å².